The highest BCUT2D eigenvalue weighted by Crippen LogP contribution is 2.26. The molecule has 0 bridgehead atoms. The van der Waals surface area contributed by atoms with E-state index in [9.17, 15) is 10.1 Å². The molecule has 0 saturated carbocycles. The van der Waals surface area contributed by atoms with E-state index in [1.165, 1.54) is 6.07 Å². The van der Waals surface area contributed by atoms with Crippen LogP contribution in [-0.2, 0) is 0 Å². The van der Waals surface area contributed by atoms with Crippen LogP contribution >= 0.6 is 0 Å². The van der Waals surface area contributed by atoms with Crippen LogP contribution in [0.4, 0.5) is 11.4 Å². The summed E-state index contributed by atoms with van der Waals surface area (Å²) >= 11 is 0. The van der Waals surface area contributed by atoms with Gasteiger partial charge in [-0.3, -0.25) is 10.1 Å². The molecular formula is C11H12N4O2. The van der Waals surface area contributed by atoms with Gasteiger partial charge in [-0.05, 0) is 19.1 Å². The molecule has 0 fully saturated rings. The lowest BCUT2D eigenvalue weighted by Gasteiger charge is -2.07. The van der Waals surface area contributed by atoms with Crippen LogP contribution in [0.1, 0.15) is 6.92 Å². The van der Waals surface area contributed by atoms with E-state index in [-0.39, 0.29) is 5.69 Å². The maximum Gasteiger partial charge on any atom is 0.292 e. The second-order valence-corrected chi connectivity index (χ2v) is 3.46. The van der Waals surface area contributed by atoms with Gasteiger partial charge < -0.3 is 9.88 Å². The molecule has 0 atom stereocenters. The van der Waals surface area contributed by atoms with Crippen LogP contribution in [0.15, 0.2) is 36.9 Å². The topological polar surface area (TPSA) is 73.0 Å². The Labute approximate surface area is 98.1 Å². The molecule has 1 aromatic heterocycles. The van der Waals surface area contributed by atoms with E-state index < -0.39 is 4.92 Å². The number of hydrogen-bond donors (Lipinski definition) is 1. The number of rotatable bonds is 4. The Hall–Kier alpha value is -2.37. The van der Waals surface area contributed by atoms with Gasteiger partial charge in [0.05, 0.1) is 11.3 Å². The van der Waals surface area contributed by atoms with Crippen LogP contribution < -0.4 is 5.32 Å². The largest absolute Gasteiger partial charge is 0.380 e. The van der Waals surface area contributed by atoms with E-state index >= 15 is 0 Å². The van der Waals surface area contributed by atoms with Gasteiger partial charge in [0.1, 0.15) is 5.69 Å². The molecule has 0 unspecified atom stereocenters. The highest BCUT2D eigenvalue weighted by atomic mass is 16.6. The third kappa shape index (κ3) is 2.25. The Kier molecular flexibility index (Phi) is 3.04. The lowest BCUT2D eigenvalue weighted by atomic mass is 10.2. The summed E-state index contributed by atoms with van der Waals surface area (Å²) in [6.45, 7) is 2.53. The highest BCUT2D eigenvalue weighted by Gasteiger charge is 2.13. The SMILES string of the molecule is CCNc1cc(-n2ccnc2)ccc1[N+](=O)[O-]. The number of benzene rings is 1. The van der Waals surface area contributed by atoms with Gasteiger partial charge in [-0.1, -0.05) is 0 Å². The van der Waals surface area contributed by atoms with Gasteiger partial charge in [0.15, 0.2) is 0 Å². The van der Waals surface area contributed by atoms with Gasteiger partial charge in [-0.15, -0.1) is 0 Å². The van der Waals surface area contributed by atoms with E-state index in [0.717, 1.165) is 5.69 Å². The first-order chi connectivity index (χ1) is 8.22. The molecule has 0 aliphatic carbocycles. The number of imidazole rings is 1. The third-order valence-corrected chi connectivity index (χ3v) is 2.35. The molecule has 6 nitrogen and oxygen atoms in total. The quantitative estimate of drug-likeness (QED) is 0.648. The summed E-state index contributed by atoms with van der Waals surface area (Å²) in [5, 5.41) is 13.8. The van der Waals surface area contributed by atoms with Gasteiger partial charge >= 0.3 is 0 Å². The van der Waals surface area contributed by atoms with Crippen LogP contribution in [-0.4, -0.2) is 21.0 Å². The van der Waals surface area contributed by atoms with Crippen LogP contribution in [0, 0.1) is 10.1 Å². The average molecular weight is 232 g/mol. The minimum Gasteiger partial charge on any atom is -0.380 e. The van der Waals surface area contributed by atoms with Crippen molar-refractivity contribution in [1.82, 2.24) is 9.55 Å². The van der Waals surface area contributed by atoms with Crippen molar-refractivity contribution in [3.63, 3.8) is 0 Å². The number of hydrogen-bond acceptors (Lipinski definition) is 4. The molecule has 17 heavy (non-hydrogen) atoms. The predicted octanol–water partition coefficient (Wildman–Crippen LogP) is 2.21. The number of nitro groups is 1. The zero-order valence-corrected chi connectivity index (χ0v) is 9.33. The monoisotopic (exact) mass is 232 g/mol. The summed E-state index contributed by atoms with van der Waals surface area (Å²) in [4.78, 5) is 14.4. The summed E-state index contributed by atoms with van der Waals surface area (Å²) in [5.41, 5.74) is 1.43. The van der Waals surface area contributed by atoms with Crippen LogP contribution in [0.3, 0.4) is 0 Å². The van der Waals surface area contributed by atoms with Crippen molar-refractivity contribution >= 4 is 11.4 Å². The molecule has 0 aliphatic rings. The van der Waals surface area contributed by atoms with Crippen molar-refractivity contribution in [3.05, 3.63) is 47.0 Å². The van der Waals surface area contributed by atoms with Crippen molar-refractivity contribution in [3.8, 4) is 5.69 Å². The van der Waals surface area contributed by atoms with Crippen LogP contribution in [0.25, 0.3) is 5.69 Å². The Bertz CT molecular complexity index is 522. The lowest BCUT2D eigenvalue weighted by molar-refractivity contribution is -0.384. The molecule has 1 N–H and O–H groups in total. The minimum absolute atomic E-state index is 0.0794. The van der Waals surface area contributed by atoms with Gasteiger partial charge in [-0.2, -0.15) is 0 Å². The second-order valence-electron chi connectivity index (χ2n) is 3.46. The summed E-state index contributed by atoms with van der Waals surface area (Å²) in [5.74, 6) is 0. The molecule has 0 aliphatic heterocycles. The van der Waals surface area contributed by atoms with E-state index in [0.29, 0.717) is 12.2 Å². The molecule has 0 spiro atoms. The third-order valence-electron chi connectivity index (χ3n) is 2.35. The maximum atomic E-state index is 10.8. The molecular weight excluding hydrogens is 220 g/mol. The van der Waals surface area contributed by atoms with Gasteiger partial charge in [0.2, 0.25) is 0 Å². The Morgan fingerprint density at radius 1 is 1.53 bits per heavy atom. The number of aromatic nitrogens is 2. The lowest BCUT2D eigenvalue weighted by Crippen LogP contribution is -2.02. The Balaban J connectivity index is 2.45. The maximum absolute atomic E-state index is 10.8. The van der Waals surface area contributed by atoms with Crippen molar-refractivity contribution < 1.29 is 4.92 Å². The average Bonchev–Trinajstić information content (AvgIpc) is 2.82. The fourth-order valence-electron chi connectivity index (χ4n) is 1.59. The van der Waals surface area contributed by atoms with E-state index in [4.69, 9.17) is 0 Å². The standard InChI is InChI=1S/C11H12N4O2/c1-2-13-10-7-9(14-6-5-12-8-14)3-4-11(10)15(16)17/h3-8,13H,2H2,1H3. The normalized spacial score (nSPS) is 10.2. The van der Waals surface area contributed by atoms with Gasteiger partial charge in [0, 0.05) is 30.7 Å². The summed E-state index contributed by atoms with van der Waals surface area (Å²) in [6.07, 6.45) is 5.10. The van der Waals surface area contributed by atoms with Crippen molar-refractivity contribution in [2.75, 3.05) is 11.9 Å². The predicted molar refractivity (Wildman–Crippen MR) is 64.4 cm³/mol. The summed E-state index contributed by atoms with van der Waals surface area (Å²) in [6, 6.07) is 4.93. The highest BCUT2D eigenvalue weighted by molar-refractivity contribution is 5.65. The first-order valence-electron chi connectivity index (χ1n) is 5.23. The summed E-state index contributed by atoms with van der Waals surface area (Å²) < 4.78 is 1.80. The fourth-order valence-corrected chi connectivity index (χ4v) is 1.59. The van der Waals surface area contributed by atoms with E-state index in [1.807, 2.05) is 6.92 Å². The van der Waals surface area contributed by atoms with Crippen molar-refractivity contribution in [1.29, 1.82) is 0 Å². The Morgan fingerprint density at radius 3 is 2.94 bits per heavy atom. The molecule has 1 aromatic carbocycles. The first kappa shape index (κ1) is 11.1. The molecule has 2 rings (SSSR count). The molecule has 0 amide bonds. The molecule has 6 heteroatoms. The number of anilines is 1. The van der Waals surface area contributed by atoms with Crippen molar-refractivity contribution in [2.24, 2.45) is 0 Å². The van der Waals surface area contributed by atoms with E-state index in [2.05, 4.69) is 10.3 Å². The minimum atomic E-state index is -0.393. The zero-order chi connectivity index (χ0) is 12.3. The second kappa shape index (κ2) is 4.65. The fraction of sp³-hybridized carbons (Fsp3) is 0.182. The van der Waals surface area contributed by atoms with Crippen LogP contribution in [0.5, 0.6) is 0 Å². The molecule has 88 valence electrons. The molecule has 0 saturated heterocycles. The smallest absolute Gasteiger partial charge is 0.292 e. The summed E-state index contributed by atoms with van der Waals surface area (Å²) in [7, 11) is 0. The van der Waals surface area contributed by atoms with Gasteiger partial charge in [-0.25, -0.2) is 4.98 Å². The van der Waals surface area contributed by atoms with Crippen molar-refractivity contribution in [2.45, 2.75) is 6.92 Å². The molecule has 2 aromatic rings. The molecule has 0 radical (unpaired) electrons. The first-order valence-corrected chi connectivity index (χ1v) is 5.23. The number of nitrogens with zero attached hydrogens (tertiary/aromatic N) is 3. The zero-order valence-electron chi connectivity index (χ0n) is 9.33. The number of nitrogens with one attached hydrogen (secondary N) is 1. The van der Waals surface area contributed by atoms with Gasteiger partial charge in [0.25, 0.3) is 5.69 Å². The Morgan fingerprint density at radius 2 is 2.35 bits per heavy atom. The number of nitro benzene ring substituents is 1. The van der Waals surface area contributed by atoms with E-state index in [1.54, 1.807) is 35.4 Å². The molecule has 1 heterocycles. The van der Waals surface area contributed by atoms with Crippen LogP contribution in [0.2, 0.25) is 0 Å².